The first-order chi connectivity index (χ1) is 10.1. The van der Waals surface area contributed by atoms with Gasteiger partial charge in [0.15, 0.2) is 6.29 Å². The number of rotatable bonds is 5. The van der Waals surface area contributed by atoms with Crippen LogP contribution in [-0.4, -0.2) is 44.4 Å². The minimum Gasteiger partial charge on any atom is -0.363 e. The largest absolute Gasteiger partial charge is 0.363 e. The first kappa shape index (κ1) is 14.5. The molecule has 21 heavy (non-hydrogen) atoms. The van der Waals surface area contributed by atoms with E-state index >= 15 is 0 Å². The summed E-state index contributed by atoms with van der Waals surface area (Å²) in [5.74, 6) is -0.159. The SMILES string of the molecule is CC1(OCC(=O)Nc2cccc(C3OCCO3)c2)CNC1. The summed E-state index contributed by atoms with van der Waals surface area (Å²) in [4.78, 5) is 11.9. The van der Waals surface area contributed by atoms with E-state index in [0.29, 0.717) is 13.2 Å². The van der Waals surface area contributed by atoms with Gasteiger partial charge >= 0.3 is 0 Å². The van der Waals surface area contributed by atoms with E-state index in [1.165, 1.54) is 0 Å². The van der Waals surface area contributed by atoms with Crippen LogP contribution in [0.15, 0.2) is 24.3 Å². The maximum absolute atomic E-state index is 11.9. The average molecular weight is 292 g/mol. The molecule has 1 amide bonds. The van der Waals surface area contributed by atoms with E-state index in [0.717, 1.165) is 24.3 Å². The summed E-state index contributed by atoms with van der Waals surface area (Å²) in [6.45, 7) is 4.81. The van der Waals surface area contributed by atoms with Crippen LogP contribution < -0.4 is 10.6 Å². The maximum atomic E-state index is 11.9. The third kappa shape index (κ3) is 3.59. The van der Waals surface area contributed by atoms with Crippen molar-refractivity contribution in [2.45, 2.75) is 18.8 Å². The summed E-state index contributed by atoms with van der Waals surface area (Å²) in [5.41, 5.74) is 1.41. The van der Waals surface area contributed by atoms with E-state index in [-0.39, 0.29) is 24.4 Å². The quantitative estimate of drug-likeness (QED) is 0.849. The molecule has 0 saturated carbocycles. The smallest absolute Gasteiger partial charge is 0.250 e. The molecular weight excluding hydrogens is 272 g/mol. The molecule has 2 saturated heterocycles. The third-order valence-electron chi connectivity index (χ3n) is 3.61. The molecule has 0 aromatic heterocycles. The Labute approximate surface area is 123 Å². The van der Waals surface area contributed by atoms with Gasteiger partial charge in [-0.3, -0.25) is 4.79 Å². The molecule has 2 aliphatic rings. The first-order valence-corrected chi connectivity index (χ1v) is 7.12. The zero-order valence-corrected chi connectivity index (χ0v) is 12.1. The van der Waals surface area contributed by atoms with Crippen molar-refractivity contribution in [3.8, 4) is 0 Å². The van der Waals surface area contributed by atoms with E-state index < -0.39 is 0 Å². The van der Waals surface area contributed by atoms with Crippen molar-refractivity contribution in [2.75, 3.05) is 38.2 Å². The van der Waals surface area contributed by atoms with Gasteiger partial charge < -0.3 is 24.8 Å². The molecule has 1 aromatic carbocycles. The fraction of sp³-hybridized carbons (Fsp3) is 0.533. The molecule has 2 fully saturated rings. The van der Waals surface area contributed by atoms with Crippen LogP contribution in [0.25, 0.3) is 0 Å². The number of ether oxygens (including phenoxy) is 3. The number of anilines is 1. The van der Waals surface area contributed by atoms with E-state index in [9.17, 15) is 4.79 Å². The highest BCUT2D eigenvalue weighted by Gasteiger charge is 2.33. The Hall–Kier alpha value is -1.47. The number of nitrogens with one attached hydrogen (secondary N) is 2. The van der Waals surface area contributed by atoms with Gasteiger partial charge in [-0.05, 0) is 19.1 Å². The number of carbonyl (C=O) groups excluding carboxylic acids is 1. The lowest BCUT2D eigenvalue weighted by atomic mass is 10.0. The van der Waals surface area contributed by atoms with Gasteiger partial charge in [0.25, 0.3) is 0 Å². The van der Waals surface area contributed by atoms with Gasteiger partial charge in [0.1, 0.15) is 6.61 Å². The molecule has 3 rings (SSSR count). The maximum Gasteiger partial charge on any atom is 0.250 e. The summed E-state index contributed by atoms with van der Waals surface area (Å²) in [7, 11) is 0. The molecule has 6 heteroatoms. The van der Waals surface area contributed by atoms with Crippen LogP contribution in [0.3, 0.4) is 0 Å². The molecule has 0 aliphatic carbocycles. The lowest BCUT2D eigenvalue weighted by Gasteiger charge is -2.38. The molecule has 0 atom stereocenters. The monoisotopic (exact) mass is 292 g/mol. The molecule has 1 aromatic rings. The van der Waals surface area contributed by atoms with E-state index in [2.05, 4.69) is 10.6 Å². The van der Waals surface area contributed by atoms with Gasteiger partial charge in [-0.15, -0.1) is 0 Å². The Morgan fingerprint density at radius 2 is 2.19 bits per heavy atom. The number of amides is 1. The van der Waals surface area contributed by atoms with E-state index in [4.69, 9.17) is 14.2 Å². The van der Waals surface area contributed by atoms with Gasteiger partial charge in [-0.25, -0.2) is 0 Å². The molecule has 2 heterocycles. The van der Waals surface area contributed by atoms with Crippen LogP contribution in [0.1, 0.15) is 18.8 Å². The van der Waals surface area contributed by atoms with Crippen molar-refractivity contribution in [2.24, 2.45) is 0 Å². The average Bonchev–Trinajstić information content (AvgIpc) is 2.97. The Balaban J connectivity index is 1.54. The van der Waals surface area contributed by atoms with Crippen molar-refractivity contribution in [1.29, 1.82) is 0 Å². The minimum atomic E-state index is -0.335. The topological polar surface area (TPSA) is 68.8 Å². The molecule has 2 N–H and O–H groups in total. The van der Waals surface area contributed by atoms with Crippen LogP contribution in [0, 0.1) is 0 Å². The summed E-state index contributed by atoms with van der Waals surface area (Å²) in [5, 5.41) is 5.96. The van der Waals surface area contributed by atoms with Crippen LogP contribution in [-0.2, 0) is 19.0 Å². The predicted octanol–water partition coefficient (Wildman–Crippen LogP) is 1.05. The normalized spacial score (nSPS) is 21.0. The van der Waals surface area contributed by atoms with Gasteiger partial charge in [0.2, 0.25) is 5.91 Å². The number of benzene rings is 1. The van der Waals surface area contributed by atoms with Crippen molar-refractivity contribution in [1.82, 2.24) is 5.32 Å². The fourth-order valence-corrected chi connectivity index (χ4v) is 2.33. The van der Waals surface area contributed by atoms with Crippen molar-refractivity contribution < 1.29 is 19.0 Å². The van der Waals surface area contributed by atoms with Crippen LogP contribution in [0.2, 0.25) is 0 Å². The Bertz CT molecular complexity index is 510. The highest BCUT2D eigenvalue weighted by Crippen LogP contribution is 2.25. The summed E-state index contributed by atoms with van der Waals surface area (Å²) < 4.78 is 16.5. The molecule has 0 bridgehead atoms. The van der Waals surface area contributed by atoms with Gasteiger partial charge in [0, 0.05) is 24.3 Å². The van der Waals surface area contributed by atoms with Crippen molar-refractivity contribution >= 4 is 11.6 Å². The second-order valence-corrected chi connectivity index (χ2v) is 5.59. The van der Waals surface area contributed by atoms with E-state index in [1.54, 1.807) is 0 Å². The van der Waals surface area contributed by atoms with Gasteiger partial charge in [-0.2, -0.15) is 0 Å². The zero-order valence-electron chi connectivity index (χ0n) is 12.1. The minimum absolute atomic E-state index is 0.0544. The summed E-state index contributed by atoms with van der Waals surface area (Å²) in [6.07, 6.45) is -0.335. The molecule has 6 nitrogen and oxygen atoms in total. The number of carbonyl (C=O) groups is 1. The molecular formula is C15H20N2O4. The second-order valence-electron chi connectivity index (χ2n) is 5.59. The second kappa shape index (κ2) is 6.11. The van der Waals surface area contributed by atoms with E-state index in [1.807, 2.05) is 31.2 Å². The Morgan fingerprint density at radius 3 is 2.86 bits per heavy atom. The zero-order chi connectivity index (χ0) is 14.7. The highest BCUT2D eigenvalue weighted by molar-refractivity contribution is 5.91. The lowest BCUT2D eigenvalue weighted by molar-refractivity contribution is -0.130. The van der Waals surface area contributed by atoms with Crippen molar-refractivity contribution in [3.05, 3.63) is 29.8 Å². The van der Waals surface area contributed by atoms with Crippen LogP contribution >= 0.6 is 0 Å². The molecule has 0 radical (unpaired) electrons. The highest BCUT2D eigenvalue weighted by atomic mass is 16.7. The molecule has 0 unspecified atom stereocenters. The van der Waals surface area contributed by atoms with Gasteiger partial charge in [0.05, 0.1) is 18.8 Å². The fourth-order valence-electron chi connectivity index (χ4n) is 2.33. The molecule has 114 valence electrons. The van der Waals surface area contributed by atoms with Gasteiger partial charge in [-0.1, -0.05) is 12.1 Å². The summed E-state index contributed by atoms with van der Waals surface area (Å²) in [6, 6.07) is 7.49. The number of hydrogen-bond donors (Lipinski definition) is 2. The van der Waals surface area contributed by atoms with Crippen LogP contribution in [0.4, 0.5) is 5.69 Å². The number of hydrogen-bond acceptors (Lipinski definition) is 5. The van der Waals surface area contributed by atoms with Crippen LogP contribution in [0.5, 0.6) is 0 Å². The summed E-state index contributed by atoms with van der Waals surface area (Å²) >= 11 is 0. The Morgan fingerprint density at radius 1 is 1.43 bits per heavy atom. The molecule has 0 spiro atoms. The molecule has 2 aliphatic heterocycles. The first-order valence-electron chi connectivity index (χ1n) is 7.12. The standard InChI is InChI=1S/C15H20N2O4/c1-15(9-16-10-15)21-8-13(18)17-12-4-2-3-11(7-12)14-19-5-6-20-14/h2-4,7,14,16H,5-6,8-10H2,1H3,(H,17,18). The van der Waals surface area contributed by atoms with Crippen molar-refractivity contribution in [3.63, 3.8) is 0 Å². The Kier molecular flexibility index (Phi) is 4.21. The predicted molar refractivity (Wildman–Crippen MR) is 76.9 cm³/mol. The lowest BCUT2D eigenvalue weighted by Crippen LogP contribution is -2.59. The third-order valence-corrected chi connectivity index (χ3v) is 3.61.